The molecule has 16 heavy (non-hydrogen) atoms. The van der Waals surface area contributed by atoms with Crippen LogP contribution in [0.1, 0.15) is 21.0 Å². The van der Waals surface area contributed by atoms with Crippen LogP contribution in [0.25, 0.3) is 0 Å². The average molecular weight is 221 g/mol. The Bertz CT molecular complexity index is 450. The van der Waals surface area contributed by atoms with Gasteiger partial charge >= 0.3 is 5.97 Å². The number of carbonyl (C=O) groups is 3. The third-order valence-electron chi connectivity index (χ3n) is 2.11. The summed E-state index contributed by atoms with van der Waals surface area (Å²) in [6.45, 7) is -0.424. The molecular formula is C9H7N3O4. The van der Waals surface area contributed by atoms with Gasteiger partial charge in [0.15, 0.2) is 11.4 Å². The number of carbonyl (C=O) groups excluding carboxylic acids is 3. The molecule has 2 heterocycles. The van der Waals surface area contributed by atoms with E-state index in [9.17, 15) is 14.4 Å². The Hall–Kier alpha value is -2.31. The van der Waals surface area contributed by atoms with Gasteiger partial charge in [-0.3, -0.25) is 19.3 Å². The first-order valence-electron chi connectivity index (χ1n) is 4.39. The maximum atomic E-state index is 11.7. The van der Waals surface area contributed by atoms with Crippen LogP contribution >= 0.6 is 0 Å². The molecule has 0 N–H and O–H groups in total. The predicted octanol–water partition coefficient (Wildman–Crippen LogP) is -0.754. The number of hydrogen-bond acceptors (Lipinski definition) is 6. The fourth-order valence-electron chi connectivity index (χ4n) is 1.34. The topological polar surface area (TPSA) is 89.5 Å². The van der Waals surface area contributed by atoms with Crippen LogP contribution in [-0.2, 0) is 9.53 Å². The Morgan fingerprint density at radius 2 is 1.75 bits per heavy atom. The van der Waals surface area contributed by atoms with Crippen molar-refractivity contribution in [3.63, 3.8) is 0 Å². The van der Waals surface area contributed by atoms with Gasteiger partial charge in [-0.2, -0.15) is 0 Å². The molecule has 1 aromatic heterocycles. The summed E-state index contributed by atoms with van der Waals surface area (Å²) in [7, 11) is 1.18. The van der Waals surface area contributed by atoms with Crippen LogP contribution in [0, 0.1) is 0 Å². The monoisotopic (exact) mass is 221 g/mol. The van der Waals surface area contributed by atoms with Crippen LogP contribution in [0.15, 0.2) is 12.4 Å². The lowest BCUT2D eigenvalue weighted by atomic mass is 10.3. The molecule has 2 amide bonds. The molecule has 0 aromatic carbocycles. The van der Waals surface area contributed by atoms with Gasteiger partial charge in [-0.25, -0.2) is 9.97 Å². The number of rotatable bonds is 2. The highest BCUT2D eigenvalue weighted by molar-refractivity contribution is 6.20. The molecular weight excluding hydrogens is 214 g/mol. The number of imide groups is 1. The number of amides is 2. The minimum Gasteiger partial charge on any atom is -0.468 e. The van der Waals surface area contributed by atoms with Crippen molar-refractivity contribution in [2.75, 3.05) is 13.7 Å². The predicted molar refractivity (Wildman–Crippen MR) is 49.4 cm³/mol. The van der Waals surface area contributed by atoms with Crippen LogP contribution in [0.2, 0.25) is 0 Å². The lowest BCUT2D eigenvalue weighted by Gasteiger charge is -2.10. The minimum atomic E-state index is -0.672. The maximum Gasteiger partial charge on any atom is 0.325 e. The molecule has 0 unspecified atom stereocenters. The number of ether oxygens (including phenoxy) is 1. The molecule has 7 heteroatoms. The first kappa shape index (κ1) is 10.2. The van der Waals surface area contributed by atoms with Crippen LogP contribution in [0.3, 0.4) is 0 Å². The van der Waals surface area contributed by atoms with Crippen LogP contribution in [0.4, 0.5) is 0 Å². The Balaban J connectivity index is 2.32. The summed E-state index contributed by atoms with van der Waals surface area (Å²) in [6, 6.07) is 0. The van der Waals surface area contributed by atoms with Gasteiger partial charge in [0.2, 0.25) is 0 Å². The standard InChI is InChI=1S/C9H7N3O4/c1-16-5(13)4-12-8(14)6-7(9(12)15)11-3-2-10-6/h2-3H,4H2,1H3. The van der Waals surface area contributed by atoms with Gasteiger partial charge in [0.05, 0.1) is 7.11 Å². The highest BCUT2D eigenvalue weighted by Crippen LogP contribution is 2.17. The quantitative estimate of drug-likeness (QED) is 0.482. The van der Waals surface area contributed by atoms with Gasteiger partial charge in [-0.1, -0.05) is 0 Å². The maximum absolute atomic E-state index is 11.7. The Morgan fingerprint density at radius 1 is 1.25 bits per heavy atom. The zero-order valence-electron chi connectivity index (χ0n) is 8.34. The highest BCUT2D eigenvalue weighted by atomic mass is 16.5. The fourth-order valence-corrected chi connectivity index (χ4v) is 1.34. The molecule has 1 aromatic rings. The molecule has 7 nitrogen and oxygen atoms in total. The van der Waals surface area contributed by atoms with Crippen molar-refractivity contribution in [2.24, 2.45) is 0 Å². The van der Waals surface area contributed by atoms with Crippen LogP contribution in [-0.4, -0.2) is 46.3 Å². The number of methoxy groups -OCH3 is 1. The molecule has 2 rings (SSSR count). The van der Waals surface area contributed by atoms with Crippen molar-refractivity contribution >= 4 is 17.8 Å². The molecule has 0 fully saturated rings. The van der Waals surface area contributed by atoms with Crippen molar-refractivity contribution < 1.29 is 19.1 Å². The zero-order chi connectivity index (χ0) is 11.7. The normalized spacial score (nSPS) is 13.9. The van der Waals surface area contributed by atoms with Gasteiger partial charge in [-0.05, 0) is 0 Å². The van der Waals surface area contributed by atoms with E-state index in [4.69, 9.17) is 0 Å². The molecule has 0 atom stereocenters. The number of aromatic nitrogens is 2. The molecule has 0 aliphatic carbocycles. The Kier molecular flexibility index (Phi) is 2.35. The summed E-state index contributed by atoms with van der Waals surface area (Å²) >= 11 is 0. The lowest BCUT2D eigenvalue weighted by molar-refractivity contribution is -0.140. The van der Waals surface area contributed by atoms with E-state index < -0.39 is 24.3 Å². The number of hydrogen-bond donors (Lipinski definition) is 0. The fraction of sp³-hybridized carbons (Fsp3) is 0.222. The van der Waals surface area contributed by atoms with Gasteiger partial charge in [0, 0.05) is 12.4 Å². The van der Waals surface area contributed by atoms with Crippen molar-refractivity contribution in [1.82, 2.24) is 14.9 Å². The van der Waals surface area contributed by atoms with Gasteiger partial charge in [-0.15, -0.1) is 0 Å². The van der Waals surface area contributed by atoms with Crippen molar-refractivity contribution in [1.29, 1.82) is 0 Å². The van der Waals surface area contributed by atoms with E-state index in [-0.39, 0.29) is 11.4 Å². The first-order chi connectivity index (χ1) is 7.65. The Morgan fingerprint density at radius 3 is 2.19 bits per heavy atom. The van der Waals surface area contributed by atoms with Crippen LogP contribution in [0.5, 0.6) is 0 Å². The highest BCUT2D eigenvalue weighted by Gasteiger charge is 2.39. The third-order valence-corrected chi connectivity index (χ3v) is 2.11. The summed E-state index contributed by atoms with van der Waals surface area (Å²) in [4.78, 5) is 42.6. The zero-order valence-corrected chi connectivity index (χ0v) is 8.34. The van der Waals surface area contributed by atoms with Crippen LogP contribution < -0.4 is 0 Å². The lowest BCUT2D eigenvalue weighted by Crippen LogP contribution is -2.35. The van der Waals surface area contributed by atoms with Gasteiger partial charge < -0.3 is 4.74 Å². The van der Waals surface area contributed by atoms with E-state index in [0.717, 1.165) is 4.90 Å². The summed E-state index contributed by atoms with van der Waals surface area (Å²) in [5, 5.41) is 0. The van der Waals surface area contributed by atoms with E-state index in [1.54, 1.807) is 0 Å². The van der Waals surface area contributed by atoms with Crippen molar-refractivity contribution in [3.8, 4) is 0 Å². The van der Waals surface area contributed by atoms with Gasteiger partial charge in [0.1, 0.15) is 6.54 Å². The van der Waals surface area contributed by atoms with E-state index in [0.29, 0.717) is 0 Å². The smallest absolute Gasteiger partial charge is 0.325 e. The number of esters is 1. The van der Waals surface area contributed by atoms with Gasteiger partial charge in [0.25, 0.3) is 11.8 Å². The second-order valence-corrected chi connectivity index (χ2v) is 3.03. The summed E-state index contributed by atoms with van der Waals surface area (Å²) in [6.07, 6.45) is 2.62. The third kappa shape index (κ3) is 1.42. The average Bonchev–Trinajstić information content (AvgIpc) is 2.55. The second kappa shape index (κ2) is 3.69. The molecule has 0 spiro atoms. The van der Waals surface area contributed by atoms with E-state index in [1.165, 1.54) is 19.5 Å². The van der Waals surface area contributed by atoms with Crippen molar-refractivity contribution in [2.45, 2.75) is 0 Å². The molecule has 1 aliphatic heterocycles. The summed E-state index contributed by atoms with van der Waals surface area (Å²) in [5.41, 5.74) is -0.0622. The largest absolute Gasteiger partial charge is 0.468 e. The van der Waals surface area contributed by atoms with Crippen molar-refractivity contribution in [3.05, 3.63) is 23.8 Å². The second-order valence-electron chi connectivity index (χ2n) is 3.03. The molecule has 82 valence electrons. The Labute approximate surface area is 90.0 Å². The molecule has 0 saturated heterocycles. The minimum absolute atomic E-state index is 0.0311. The molecule has 0 radical (unpaired) electrons. The van der Waals surface area contributed by atoms with E-state index >= 15 is 0 Å². The first-order valence-corrected chi connectivity index (χ1v) is 4.39. The number of fused-ring (bicyclic) bond motifs is 1. The molecule has 1 aliphatic rings. The van der Waals surface area contributed by atoms with E-state index in [1.807, 2.05) is 0 Å². The summed E-state index contributed by atoms with van der Waals surface area (Å²) < 4.78 is 4.38. The number of nitrogens with zero attached hydrogens (tertiary/aromatic N) is 3. The SMILES string of the molecule is COC(=O)CN1C(=O)c2nccnc2C1=O. The summed E-state index contributed by atoms with van der Waals surface area (Å²) in [5.74, 6) is -1.92. The molecule has 0 saturated carbocycles. The molecule has 0 bridgehead atoms. The van der Waals surface area contributed by atoms with E-state index in [2.05, 4.69) is 14.7 Å².